The molecule has 0 amide bonds. The van der Waals surface area contributed by atoms with Gasteiger partial charge in [-0.15, -0.1) is 0 Å². The molecular formula is C29H33FO6. The molecule has 0 bridgehead atoms. The van der Waals surface area contributed by atoms with E-state index in [2.05, 4.69) is 20.1 Å². The highest BCUT2D eigenvalue weighted by Gasteiger charge is 2.26. The zero-order valence-corrected chi connectivity index (χ0v) is 20.6. The third-order valence-corrected chi connectivity index (χ3v) is 6.62. The highest BCUT2D eigenvalue weighted by molar-refractivity contribution is 5.90. The summed E-state index contributed by atoms with van der Waals surface area (Å²) in [7, 11) is 0. The summed E-state index contributed by atoms with van der Waals surface area (Å²) in [6.07, 6.45) is 6.45. The van der Waals surface area contributed by atoms with Crippen molar-refractivity contribution in [1.82, 2.24) is 0 Å². The van der Waals surface area contributed by atoms with Gasteiger partial charge in [-0.05, 0) is 78.5 Å². The van der Waals surface area contributed by atoms with E-state index in [0.717, 1.165) is 43.2 Å². The van der Waals surface area contributed by atoms with Crippen molar-refractivity contribution in [2.45, 2.75) is 51.4 Å². The lowest BCUT2D eigenvalue weighted by molar-refractivity contribution is -0.131. The molecule has 0 spiro atoms. The molecular weight excluding hydrogens is 463 g/mol. The Morgan fingerprint density at radius 1 is 0.889 bits per heavy atom. The number of rotatable bonds is 10. The summed E-state index contributed by atoms with van der Waals surface area (Å²) in [5.41, 5.74) is 1.93. The Bertz CT molecular complexity index is 1130. The number of benzene rings is 2. The van der Waals surface area contributed by atoms with E-state index < -0.39 is 31.0 Å². The van der Waals surface area contributed by atoms with Crippen LogP contribution in [0, 0.1) is 11.7 Å². The molecule has 1 aliphatic rings. The topological polar surface area (TPSA) is 93.1 Å². The molecule has 36 heavy (non-hydrogen) atoms. The average molecular weight is 497 g/mol. The fraction of sp³-hybridized carbons (Fsp3) is 0.379. The molecule has 7 heteroatoms. The van der Waals surface area contributed by atoms with Crippen LogP contribution in [0.25, 0.3) is 11.1 Å². The van der Waals surface area contributed by atoms with Gasteiger partial charge in [0.05, 0.1) is 24.4 Å². The van der Waals surface area contributed by atoms with Crippen molar-refractivity contribution in [2.75, 3.05) is 13.2 Å². The van der Waals surface area contributed by atoms with Crippen LogP contribution in [0.2, 0.25) is 0 Å². The minimum Gasteiger partial charge on any atom is -0.423 e. The van der Waals surface area contributed by atoms with Crippen molar-refractivity contribution in [3.05, 3.63) is 72.1 Å². The molecule has 0 aromatic heterocycles. The average Bonchev–Trinajstić information content (AvgIpc) is 2.89. The third kappa shape index (κ3) is 6.68. The monoisotopic (exact) mass is 496 g/mol. The SMILES string of the molecule is C=C(CO)C(=O)Oc1ccc(-c2ccc(OC(=O)C(=C)CO)c(C3CCC(CCC)CC3)c2)cc1F. The molecule has 6 nitrogen and oxygen atoms in total. The Labute approximate surface area is 211 Å². The first kappa shape index (κ1) is 27.3. The van der Waals surface area contributed by atoms with Gasteiger partial charge in [0.15, 0.2) is 11.6 Å². The van der Waals surface area contributed by atoms with E-state index >= 15 is 0 Å². The van der Waals surface area contributed by atoms with Gasteiger partial charge >= 0.3 is 11.9 Å². The summed E-state index contributed by atoms with van der Waals surface area (Å²) in [6.45, 7) is 8.04. The van der Waals surface area contributed by atoms with E-state index in [-0.39, 0.29) is 22.8 Å². The lowest BCUT2D eigenvalue weighted by Gasteiger charge is -2.30. The number of carbonyl (C=O) groups excluding carboxylic acids is 2. The van der Waals surface area contributed by atoms with E-state index in [9.17, 15) is 19.1 Å². The molecule has 1 aliphatic carbocycles. The molecule has 2 N–H and O–H groups in total. The summed E-state index contributed by atoms with van der Waals surface area (Å²) in [6, 6.07) is 9.56. The first-order valence-electron chi connectivity index (χ1n) is 12.2. The first-order valence-corrected chi connectivity index (χ1v) is 12.2. The number of aliphatic hydroxyl groups excluding tert-OH is 2. The van der Waals surface area contributed by atoms with Gasteiger partial charge in [-0.3, -0.25) is 0 Å². The number of halogens is 1. The second-order valence-electron chi connectivity index (χ2n) is 9.21. The van der Waals surface area contributed by atoms with E-state index in [1.807, 2.05) is 6.07 Å². The minimum atomic E-state index is -0.902. The largest absolute Gasteiger partial charge is 0.423 e. The molecule has 1 fully saturated rings. The van der Waals surface area contributed by atoms with Crippen LogP contribution >= 0.6 is 0 Å². The maximum Gasteiger partial charge on any atom is 0.341 e. The molecule has 0 heterocycles. The van der Waals surface area contributed by atoms with Crippen LogP contribution < -0.4 is 9.47 Å². The number of ether oxygens (including phenoxy) is 2. The van der Waals surface area contributed by atoms with Gasteiger partial charge in [0.2, 0.25) is 0 Å². The second-order valence-corrected chi connectivity index (χ2v) is 9.21. The summed E-state index contributed by atoms with van der Waals surface area (Å²) in [5, 5.41) is 18.2. The van der Waals surface area contributed by atoms with Crippen molar-refractivity contribution in [1.29, 1.82) is 0 Å². The van der Waals surface area contributed by atoms with Gasteiger partial charge in [-0.25, -0.2) is 14.0 Å². The Morgan fingerprint density at radius 2 is 1.42 bits per heavy atom. The van der Waals surface area contributed by atoms with Crippen molar-refractivity contribution in [3.63, 3.8) is 0 Å². The zero-order valence-electron chi connectivity index (χ0n) is 20.6. The van der Waals surface area contributed by atoms with Crippen molar-refractivity contribution in [3.8, 4) is 22.6 Å². The number of hydrogen-bond donors (Lipinski definition) is 2. The molecule has 2 aromatic carbocycles. The fourth-order valence-corrected chi connectivity index (χ4v) is 4.55. The standard InChI is InChI=1S/C29H33FO6/c1-4-5-20-6-8-21(9-7-20)24-14-22(10-12-26(24)35-28(33)18(2)16-31)23-11-13-27(25(30)15-23)36-29(34)19(3)17-32/h10-15,20-21,31-32H,2-9,16-17H2,1H3. The summed E-state index contributed by atoms with van der Waals surface area (Å²) >= 11 is 0. The third-order valence-electron chi connectivity index (χ3n) is 6.62. The summed E-state index contributed by atoms with van der Waals surface area (Å²) in [5.74, 6) is -1.30. The lowest BCUT2D eigenvalue weighted by Crippen LogP contribution is -2.17. The van der Waals surface area contributed by atoms with Crippen LogP contribution in [0.1, 0.15) is 56.9 Å². The summed E-state index contributed by atoms with van der Waals surface area (Å²) in [4.78, 5) is 24.1. The molecule has 3 rings (SSSR count). The second kappa shape index (κ2) is 12.6. The van der Waals surface area contributed by atoms with Crippen LogP contribution in [-0.2, 0) is 9.59 Å². The number of esters is 2. The van der Waals surface area contributed by atoms with Gasteiger partial charge < -0.3 is 19.7 Å². The molecule has 1 saturated carbocycles. The number of hydrogen-bond acceptors (Lipinski definition) is 6. The quantitative estimate of drug-likeness (QED) is 0.257. The Hall–Kier alpha value is -3.29. The normalized spacial score (nSPS) is 17.3. The molecule has 0 aliphatic heterocycles. The van der Waals surface area contributed by atoms with Gasteiger partial charge in [0, 0.05) is 0 Å². The molecule has 0 saturated heterocycles. The maximum atomic E-state index is 14.7. The Balaban J connectivity index is 1.90. The van der Waals surface area contributed by atoms with Crippen molar-refractivity contribution >= 4 is 11.9 Å². The van der Waals surface area contributed by atoms with Gasteiger partial charge in [0.25, 0.3) is 0 Å². The van der Waals surface area contributed by atoms with Crippen molar-refractivity contribution < 1.29 is 33.7 Å². The molecule has 0 unspecified atom stereocenters. The molecule has 2 aromatic rings. The fourth-order valence-electron chi connectivity index (χ4n) is 4.55. The Kier molecular flexibility index (Phi) is 9.56. The molecule has 192 valence electrons. The Morgan fingerprint density at radius 3 is 1.94 bits per heavy atom. The highest BCUT2D eigenvalue weighted by Crippen LogP contribution is 2.42. The maximum absolute atomic E-state index is 14.7. The van der Waals surface area contributed by atoms with E-state index in [1.54, 1.807) is 18.2 Å². The minimum absolute atomic E-state index is 0.0345. The van der Waals surface area contributed by atoms with Gasteiger partial charge in [-0.2, -0.15) is 0 Å². The van der Waals surface area contributed by atoms with Crippen LogP contribution in [0.15, 0.2) is 60.7 Å². The van der Waals surface area contributed by atoms with E-state index in [0.29, 0.717) is 17.2 Å². The predicted octanol–water partition coefficient (Wildman–Crippen LogP) is 5.47. The number of carbonyl (C=O) groups is 2. The van der Waals surface area contributed by atoms with Gasteiger partial charge in [0.1, 0.15) is 5.75 Å². The zero-order chi connectivity index (χ0) is 26.2. The van der Waals surface area contributed by atoms with Crippen LogP contribution in [0.4, 0.5) is 4.39 Å². The molecule has 0 radical (unpaired) electrons. The number of aliphatic hydroxyl groups is 2. The first-order chi connectivity index (χ1) is 17.3. The van der Waals surface area contributed by atoms with E-state index in [1.165, 1.54) is 18.6 Å². The van der Waals surface area contributed by atoms with Crippen LogP contribution in [-0.4, -0.2) is 35.4 Å². The lowest BCUT2D eigenvalue weighted by atomic mass is 9.76. The predicted molar refractivity (Wildman–Crippen MR) is 135 cm³/mol. The van der Waals surface area contributed by atoms with Crippen LogP contribution in [0.3, 0.4) is 0 Å². The van der Waals surface area contributed by atoms with E-state index in [4.69, 9.17) is 14.6 Å². The molecule has 0 atom stereocenters. The smallest absolute Gasteiger partial charge is 0.341 e. The van der Waals surface area contributed by atoms with Gasteiger partial charge in [-0.1, -0.05) is 45.1 Å². The summed E-state index contributed by atoms with van der Waals surface area (Å²) < 4.78 is 25.3. The van der Waals surface area contributed by atoms with Crippen molar-refractivity contribution in [2.24, 2.45) is 5.92 Å². The van der Waals surface area contributed by atoms with Crippen LogP contribution in [0.5, 0.6) is 11.5 Å². The highest BCUT2D eigenvalue weighted by atomic mass is 19.1.